The van der Waals surface area contributed by atoms with Crippen molar-refractivity contribution in [2.75, 3.05) is 13.1 Å². The molecule has 1 N–H and O–H groups in total. The Morgan fingerprint density at radius 3 is 2.48 bits per heavy atom. The lowest BCUT2D eigenvalue weighted by atomic mass is 9.82. The van der Waals surface area contributed by atoms with Gasteiger partial charge in [0, 0.05) is 0 Å². The maximum atomic E-state index is 5.76. The van der Waals surface area contributed by atoms with Gasteiger partial charge < -0.3 is 10.1 Å². The molecule has 1 saturated carbocycles. The second-order valence-corrected chi connectivity index (χ2v) is 6.55. The highest BCUT2D eigenvalue weighted by Crippen LogP contribution is 2.36. The first-order valence-electron chi connectivity index (χ1n) is 8.68. The molecule has 0 aliphatic heterocycles. The van der Waals surface area contributed by atoms with E-state index < -0.39 is 0 Å². The van der Waals surface area contributed by atoms with Crippen LogP contribution in [0.25, 0.3) is 0 Å². The van der Waals surface area contributed by atoms with Crippen LogP contribution in [0, 0.1) is 5.92 Å². The van der Waals surface area contributed by atoms with Crippen LogP contribution < -0.4 is 10.1 Å². The quantitative estimate of drug-likeness (QED) is 0.763. The van der Waals surface area contributed by atoms with Gasteiger partial charge in [-0.1, -0.05) is 38.3 Å². The van der Waals surface area contributed by atoms with Gasteiger partial charge in [-0.2, -0.15) is 0 Å². The monoisotopic (exact) mass is 289 g/mol. The van der Waals surface area contributed by atoms with Crippen molar-refractivity contribution < 1.29 is 4.74 Å². The average Bonchev–Trinajstić information content (AvgIpc) is 2.70. The van der Waals surface area contributed by atoms with E-state index in [4.69, 9.17) is 4.74 Å². The molecule has 2 nitrogen and oxygen atoms in total. The van der Waals surface area contributed by atoms with Crippen molar-refractivity contribution in [2.24, 2.45) is 5.92 Å². The molecule has 0 bridgehead atoms. The molecule has 2 heteroatoms. The van der Waals surface area contributed by atoms with Gasteiger partial charge in [-0.05, 0) is 69.3 Å². The third-order valence-corrected chi connectivity index (χ3v) is 4.50. The zero-order valence-corrected chi connectivity index (χ0v) is 13.9. The van der Waals surface area contributed by atoms with Crippen LogP contribution in [-0.2, 0) is 0 Å². The molecule has 0 spiro atoms. The van der Waals surface area contributed by atoms with Crippen LogP contribution in [0.2, 0.25) is 0 Å². The number of hydrogen-bond acceptors (Lipinski definition) is 2. The van der Waals surface area contributed by atoms with E-state index in [2.05, 4.69) is 50.4 Å². The lowest BCUT2D eigenvalue weighted by Gasteiger charge is -2.26. The molecule has 1 aliphatic carbocycles. The van der Waals surface area contributed by atoms with Crippen molar-refractivity contribution in [3.63, 3.8) is 0 Å². The topological polar surface area (TPSA) is 21.3 Å². The van der Waals surface area contributed by atoms with E-state index in [1.165, 1.54) is 37.7 Å². The lowest BCUT2D eigenvalue weighted by Crippen LogP contribution is -2.26. The molecule has 1 aromatic carbocycles. The van der Waals surface area contributed by atoms with Crippen LogP contribution in [0.4, 0.5) is 0 Å². The minimum absolute atomic E-state index is 0.246. The van der Waals surface area contributed by atoms with Gasteiger partial charge in [-0.25, -0.2) is 0 Å². The highest BCUT2D eigenvalue weighted by molar-refractivity contribution is 5.30. The number of ether oxygens (including phenoxy) is 1. The Kier molecular flexibility index (Phi) is 6.56. The molecule has 0 radical (unpaired) electrons. The predicted molar refractivity (Wildman–Crippen MR) is 90.1 cm³/mol. The summed E-state index contributed by atoms with van der Waals surface area (Å²) in [5, 5.41) is 3.56. The van der Waals surface area contributed by atoms with E-state index in [9.17, 15) is 0 Å². The maximum absolute atomic E-state index is 5.76. The van der Waals surface area contributed by atoms with Gasteiger partial charge >= 0.3 is 0 Å². The van der Waals surface area contributed by atoms with E-state index in [-0.39, 0.29) is 6.10 Å². The lowest BCUT2D eigenvalue weighted by molar-refractivity contribution is 0.242. The molecule has 0 saturated heterocycles. The summed E-state index contributed by atoms with van der Waals surface area (Å²) < 4.78 is 5.76. The molecule has 0 amide bonds. The highest BCUT2D eigenvalue weighted by Gasteiger charge is 2.24. The zero-order chi connectivity index (χ0) is 15.1. The second-order valence-electron chi connectivity index (χ2n) is 6.55. The first kappa shape index (κ1) is 16.4. The molecule has 2 unspecified atom stereocenters. The van der Waals surface area contributed by atoms with Crippen molar-refractivity contribution in [2.45, 2.75) is 64.9 Å². The molecule has 118 valence electrons. The Balaban J connectivity index is 2.07. The molecule has 1 fully saturated rings. The number of rotatable bonds is 6. The van der Waals surface area contributed by atoms with Crippen molar-refractivity contribution in [3.05, 3.63) is 29.8 Å². The molecule has 21 heavy (non-hydrogen) atoms. The third-order valence-electron chi connectivity index (χ3n) is 4.50. The fourth-order valence-corrected chi connectivity index (χ4v) is 3.46. The van der Waals surface area contributed by atoms with Crippen LogP contribution in [-0.4, -0.2) is 19.2 Å². The van der Waals surface area contributed by atoms with Gasteiger partial charge in [0.1, 0.15) is 5.75 Å². The van der Waals surface area contributed by atoms with Crippen molar-refractivity contribution in [3.8, 4) is 5.75 Å². The van der Waals surface area contributed by atoms with Crippen LogP contribution in [0.1, 0.15) is 64.4 Å². The van der Waals surface area contributed by atoms with Crippen LogP contribution in [0.3, 0.4) is 0 Å². The first-order valence-corrected chi connectivity index (χ1v) is 8.68. The predicted octanol–water partition coefficient (Wildman–Crippen LogP) is 4.75. The minimum Gasteiger partial charge on any atom is -0.491 e. The summed E-state index contributed by atoms with van der Waals surface area (Å²) in [6.45, 7) is 8.58. The van der Waals surface area contributed by atoms with E-state index >= 15 is 0 Å². The summed E-state index contributed by atoms with van der Waals surface area (Å²) >= 11 is 0. The van der Waals surface area contributed by atoms with Crippen LogP contribution >= 0.6 is 0 Å². The van der Waals surface area contributed by atoms with Gasteiger partial charge in [-0.15, -0.1) is 0 Å². The maximum Gasteiger partial charge on any atom is 0.119 e. The van der Waals surface area contributed by atoms with Gasteiger partial charge in [-0.3, -0.25) is 0 Å². The summed E-state index contributed by atoms with van der Waals surface area (Å²) in [5.41, 5.74) is 1.50. The van der Waals surface area contributed by atoms with Gasteiger partial charge in [0.05, 0.1) is 6.10 Å². The summed E-state index contributed by atoms with van der Waals surface area (Å²) in [7, 11) is 0. The number of benzene rings is 1. The Hall–Kier alpha value is -1.02. The van der Waals surface area contributed by atoms with Crippen molar-refractivity contribution >= 4 is 0 Å². The zero-order valence-electron chi connectivity index (χ0n) is 13.9. The fraction of sp³-hybridized carbons (Fsp3) is 0.684. The highest BCUT2D eigenvalue weighted by atomic mass is 16.5. The first-order chi connectivity index (χ1) is 10.2. The molecule has 2 rings (SSSR count). The Morgan fingerprint density at radius 1 is 1.10 bits per heavy atom. The Bertz CT molecular complexity index is 399. The van der Waals surface area contributed by atoms with Crippen LogP contribution in [0.5, 0.6) is 5.75 Å². The van der Waals surface area contributed by atoms with Gasteiger partial charge in [0.25, 0.3) is 0 Å². The Morgan fingerprint density at radius 2 is 1.81 bits per heavy atom. The Labute approximate surface area is 130 Å². The van der Waals surface area contributed by atoms with E-state index in [0.717, 1.165) is 24.8 Å². The van der Waals surface area contributed by atoms with Crippen molar-refractivity contribution in [1.82, 2.24) is 5.32 Å². The number of nitrogens with one attached hydrogen (secondary N) is 1. The molecular weight excluding hydrogens is 258 g/mol. The normalized spacial score (nSPS) is 23.0. The number of hydrogen-bond donors (Lipinski definition) is 1. The van der Waals surface area contributed by atoms with E-state index in [1.54, 1.807) is 0 Å². The SMILES string of the molecule is CCNCC1CCCCCC1c1ccc(OC(C)C)cc1. The van der Waals surface area contributed by atoms with Crippen molar-refractivity contribution in [1.29, 1.82) is 0 Å². The average molecular weight is 289 g/mol. The summed E-state index contributed by atoms with van der Waals surface area (Å²) in [6, 6.07) is 8.86. The molecule has 0 aromatic heterocycles. The summed E-state index contributed by atoms with van der Waals surface area (Å²) in [6.07, 6.45) is 7.10. The van der Waals surface area contributed by atoms with E-state index in [0.29, 0.717) is 5.92 Å². The van der Waals surface area contributed by atoms with Crippen LogP contribution in [0.15, 0.2) is 24.3 Å². The molecule has 0 heterocycles. The fourth-order valence-electron chi connectivity index (χ4n) is 3.46. The molecule has 2 atom stereocenters. The van der Waals surface area contributed by atoms with E-state index in [1.807, 2.05) is 0 Å². The summed E-state index contributed by atoms with van der Waals surface area (Å²) in [4.78, 5) is 0. The molecular formula is C19H31NO. The minimum atomic E-state index is 0.246. The van der Waals surface area contributed by atoms with Gasteiger partial charge in [0.15, 0.2) is 0 Å². The second kappa shape index (κ2) is 8.43. The molecule has 1 aliphatic rings. The standard InChI is InChI=1S/C19H31NO/c1-4-20-14-17-8-6-5-7-9-19(17)16-10-12-18(13-11-16)21-15(2)3/h10-13,15,17,19-20H,4-9,14H2,1-3H3. The molecule has 1 aromatic rings. The van der Waals surface area contributed by atoms with Gasteiger partial charge in [0.2, 0.25) is 0 Å². The summed E-state index contributed by atoms with van der Waals surface area (Å²) in [5.74, 6) is 2.48. The third kappa shape index (κ3) is 5.03. The largest absolute Gasteiger partial charge is 0.491 e. The smallest absolute Gasteiger partial charge is 0.119 e.